The summed E-state index contributed by atoms with van der Waals surface area (Å²) in [4.78, 5) is 0. The maximum Gasteiger partial charge on any atom is 2.00 e. The number of benzene rings is 3. The van der Waals surface area contributed by atoms with Gasteiger partial charge >= 0.3 is 41.9 Å². The fourth-order valence-electron chi connectivity index (χ4n) is 1.89. The van der Waals surface area contributed by atoms with Gasteiger partial charge in [0.05, 0.1) is 5.02 Å². The zero-order chi connectivity index (χ0) is 21.3. The molecular weight excluding hydrogens is 827 g/mol. The van der Waals surface area contributed by atoms with Crippen LogP contribution in [0.4, 0.5) is 0 Å². The second kappa shape index (κ2) is 22.8. The molecule has 0 spiro atoms. The summed E-state index contributed by atoms with van der Waals surface area (Å²) in [7, 11) is 0. The van der Waals surface area contributed by atoms with Crippen molar-refractivity contribution in [2.45, 2.75) is 13.8 Å². The molecule has 0 unspecified atom stereocenters. The topological polar surface area (TPSA) is 0 Å². The van der Waals surface area contributed by atoms with Gasteiger partial charge in [-0.1, -0.05) is 94.7 Å². The van der Waals surface area contributed by atoms with Gasteiger partial charge in [-0.25, -0.2) is 0 Å². The predicted octanol–water partition coefficient (Wildman–Crippen LogP) is 1.75. The Morgan fingerprint density at radius 3 is 1.19 bits per heavy atom. The predicted molar refractivity (Wildman–Crippen MR) is 151 cm³/mol. The molecule has 3 aromatic carbocycles. The minimum absolute atomic E-state index is 0. The average Bonchev–Trinajstić information content (AvgIpc) is 2.61. The molecule has 0 aliphatic carbocycles. The fourth-order valence-corrected chi connectivity index (χ4v) is 4.45. The van der Waals surface area contributed by atoms with Crippen LogP contribution in [0.15, 0.2) is 68.0 Å². The zero-order valence-corrected chi connectivity index (χ0v) is 29.5. The van der Waals surface area contributed by atoms with Crippen LogP contribution in [-0.2, 0) is 0 Å². The largest absolute Gasteiger partial charge is 2.00 e. The Kier molecular flexibility index (Phi) is 29.8. The van der Waals surface area contributed by atoms with Crippen molar-refractivity contribution in [2.24, 2.45) is 0 Å². The van der Waals surface area contributed by atoms with Crippen molar-refractivity contribution in [1.82, 2.24) is 0 Å². The van der Waals surface area contributed by atoms with Gasteiger partial charge in [-0.15, -0.1) is 0 Å². The molecule has 0 aliphatic rings. The summed E-state index contributed by atoms with van der Waals surface area (Å²) in [6.07, 6.45) is 2.00. The van der Waals surface area contributed by atoms with E-state index in [1.807, 2.05) is 74.9 Å². The molecule has 0 fully saturated rings. The third-order valence-corrected chi connectivity index (χ3v) is 6.71. The average molecular weight is 843 g/mol. The van der Waals surface area contributed by atoms with E-state index < -0.39 is 0 Å². The van der Waals surface area contributed by atoms with Crippen LogP contribution in [-0.4, -0.2) is 23.1 Å². The Morgan fingerprint density at radius 2 is 0.938 bits per heavy atom. The maximum absolute atomic E-state index is 6.18. The van der Waals surface area contributed by atoms with Gasteiger partial charge in [-0.2, -0.15) is 13.8 Å². The Hall–Kier alpha value is 2.64. The van der Waals surface area contributed by atoms with Gasteiger partial charge in [-0.05, 0) is 65.1 Å². The fraction of sp³-hybridized carbons (Fsp3) is 0.0952. The van der Waals surface area contributed by atoms with E-state index in [9.17, 15) is 0 Å². The molecule has 0 atom stereocenters. The van der Waals surface area contributed by atoms with Crippen molar-refractivity contribution in [2.75, 3.05) is 0 Å². The molecule has 166 valence electrons. The first kappa shape index (κ1) is 41.8. The van der Waals surface area contributed by atoms with Crippen LogP contribution in [0.2, 0.25) is 15.1 Å². The SMILES string of the molecule is C[CH-]C.Clc1cc(Br)ccc1-c1ccc(Br)cc1Cl.Clc1cc(Br)ccc1I.[Cl-].[Cl-].[Li+].[Mg+2]. The van der Waals surface area contributed by atoms with Gasteiger partial charge < -0.3 is 31.2 Å². The van der Waals surface area contributed by atoms with Gasteiger partial charge in [0.2, 0.25) is 0 Å². The summed E-state index contributed by atoms with van der Waals surface area (Å²) in [6, 6.07) is 17.3. The molecule has 0 saturated carbocycles. The summed E-state index contributed by atoms with van der Waals surface area (Å²) in [5.41, 5.74) is 1.87. The smallest absolute Gasteiger partial charge is 1.00 e. The van der Waals surface area contributed by atoms with E-state index in [1.165, 1.54) is 0 Å². The van der Waals surface area contributed by atoms with E-state index in [4.69, 9.17) is 34.8 Å². The molecule has 0 amide bonds. The first-order valence-electron chi connectivity index (χ1n) is 7.94. The van der Waals surface area contributed by atoms with E-state index >= 15 is 0 Å². The summed E-state index contributed by atoms with van der Waals surface area (Å²) in [5, 5.41) is 2.15. The molecule has 0 heterocycles. The first-order valence-corrected chi connectivity index (χ1v) is 12.5. The van der Waals surface area contributed by atoms with Crippen LogP contribution in [0.25, 0.3) is 11.1 Å². The molecule has 3 rings (SSSR count). The van der Waals surface area contributed by atoms with E-state index in [1.54, 1.807) is 0 Å². The van der Waals surface area contributed by atoms with Crippen LogP contribution in [0.1, 0.15) is 13.8 Å². The standard InChI is InChI=1S/C12H6Br2Cl2.C6H3BrClI.C3H7.2ClH.Li.Mg/c13-7-1-3-9(11(15)5-7)10-4-2-8(14)6-12(10)16;7-4-1-2-6(9)5(8)3-4;1-3-2;;;;/h1-6H;1-3H;3H,1-2H3;2*1H;;/q;;-1;;;+1;+2/p-2. The van der Waals surface area contributed by atoms with Crippen molar-refractivity contribution >= 4 is 128 Å². The van der Waals surface area contributed by atoms with Crippen LogP contribution in [0.3, 0.4) is 0 Å². The van der Waals surface area contributed by atoms with Crippen LogP contribution >= 0.6 is 105 Å². The van der Waals surface area contributed by atoms with Gasteiger partial charge in [0.15, 0.2) is 0 Å². The number of hydrogen-bond donors (Lipinski definition) is 0. The van der Waals surface area contributed by atoms with Crippen molar-refractivity contribution in [3.63, 3.8) is 0 Å². The Labute approximate surface area is 285 Å². The molecule has 0 aromatic heterocycles. The molecule has 0 bridgehead atoms. The van der Waals surface area contributed by atoms with Gasteiger partial charge in [-0.3, -0.25) is 0 Å². The second-order valence-corrected chi connectivity index (χ2v) is 10.5. The van der Waals surface area contributed by atoms with Gasteiger partial charge in [0, 0.05) is 38.2 Å². The third-order valence-electron chi connectivity index (χ3n) is 3.03. The van der Waals surface area contributed by atoms with Crippen LogP contribution < -0.4 is 43.7 Å². The van der Waals surface area contributed by atoms with E-state index in [0.717, 1.165) is 33.1 Å². The van der Waals surface area contributed by atoms with Gasteiger partial charge in [0.1, 0.15) is 0 Å². The molecule has 0 N–H and O–H groups in total. The van der Waals surface area contributed by atoms with Crippen molar-refractivity contribution in [3.8, 4) is 11.1 Å². The summed E-state index contributed by atoms with van der Waals surface area (Å²) >= 11 is 30.4. The van der Waals surface area contributed by atoms with E-state index in [-0.39, 0.29) is 66.7 Å². The summed E-state index contributed by atoms with van der Waals surface area (Å²) in [5.74, 6) is 0. The zero-order valence-electron chi connectivity index (χ0n) is 17.4. The molecule has 0 nitrogen and oxygen atoms in total. The summed E-state index contributed by atoms with van der Waals surface area (Å²) in [6.45, 7) is 4.00. The molecule has 0 aliphatic heterocycles. The number of hydrogen-bond acceptors (Lipinski definition) is 0. The molecule has 0 saturated heterocycles. The molecule has 32 heavy (non-hydrogen) atoms. The molecular formula is C21H16Br3Cl5ILiMg. The third kappa shape index (κ3) is 15.7. The number of halogens is 9. The second-order valence-electron chi connectivity index (χ2n) is 5.38. The minimum atomic E-state index is 0. The van der Waals surface area contributed by atoms with Crippen LogP contribution in [0, 0.1) is 9.99 Å². The Morgan fingerprint density at radius 1 is 0.656 bits per heavy atom. The van der Waals surface area contributed by atoms with E-state index in [2.05, 4.69) is 70.4 Å². The van der Waals surface area contributed by atoms with Crippen LogP contribution in [0.5, 0.6) is 0 Å². The molecule has 11 heteroatoms. The maximum atomic E-state index is 6.18. The molecule has 3 aromatic rings. The normalized spacial score (nSPS) is 8.53. The number of rotatable bonds is 1. The minimum Gasteiger partial charge on any atom is -1.00 e. The van der Waals surface area contributed by atoms with E-state index in [0.29, 0.717) is 10.0 Å². The van der Waals surface area contributed by atoms with Crippen molar-refractivity contribution < 1.29 is 43.7 Å². The Balaban J connectivity index is -0.000000213. The molecule has 0 radical (unpaired) electrons. The quantitative estimate of drug-likeness (QED) is 0.152. The first-order chi connectivity index (χ1) is 13.2. The van der Waals surface area contributed by atoms with Gasteiger partial charge in [0.25, 0.3) is 0 Å². The van der Waals surface area contributed by atoms with Crippen molar-refractivity contribution in [1.29, 1.82) is 0 Å². The Bertz CT molecular complexity index is 886. The monoisotopic (exact) mass is 838 g/mol. The summed E-state index contributed by atoms with van der Waals surface area (Å²) < 4.78 is 4.01. The van der Waals surface area contributed by atoms with Crippen molar-refractivity contribution in [3.05, 3.63) is 93.1 Å².